The molecule has 2 aromatic carbocycles. The average Bonchev–Trinajstić information content (AvgIpc) is 2.92. The molecule has 3 nitrogen and oxygen atoms in total. The maximum absolute atomic E-state index is 13.2. The number of fused-ring (bicyclic) bond motifs is 3. The lowest BCUT2D eigenvalue weighted by atomic mass is 9.91. The van der Waals surface area contributed by atoms with Gasteiger partial charge in [-0.15, -0.1) is 0 Å². The van der Waals surface area contributed by atoms with Gasteiger partial charge in [-0.3, -0.25) is 4.79 Å². The Kier molecular flexibility index (Phi) is 4.22. The number of amides is 1. The molecule has 1 aromatic heterocycles. The van der Waals surface area contributed by atoms with E-state index < -0.39 is 0 Å². The van der Waals surface area contributed by atoms with Crippen molar-refractivity contribution in [1.29, 1.82) is 0 Å². The first-order valence-electron chi connectivity index (χ1n) is 8.41. The third-order valence-corrected chi connectivity index (χ3v) is 5.00. The summed E-state index contributed by atoms with van der Waals surface area (Å²) in [6.45, 7) is 0. The molecule has 1 aliphatic rings. The summed E-state index contributed by atoms with van der Waals surface area (Å²) < 4.78 is 13.2. The highest BCUT2D eigenvalue weighted by Crippen LogP contribution is 2.31. The highest BCUT2D eigenvalue weighted by atomic mass is 35.5. The van der Waals surface area contributed by atoms with Gasteiger partial charge in [0.1, 0.15) is 5.82 Å². The topological polar surface area (TPSA) is 44.9 Å². The lowest BCUT2D eigenvalue weighted by Gasteiger charge is -2.23. The van der Waals surface area contributed by atoms with Crippen LogP contribution in [-0.2, 0) is 24.1 Å². The molecular weight excluding hydrogens is 339 g/mol. The largest absolute Gasteiger partial charge is 0.358 e. The van der Waals surface area contributed by atoms with Gasteiger partial charge in [0, 0.05) is 27.7 Å². The predicted molar refractivity (Wildman–Crippen MR) is 97.4 cm³/mol. The molecule has 1 amide bonds. The molecule has 0 fully saturated rings. The molecule has 4 rings (SSSR count). The van der Waals surface area contributed by atoms with Crippen molar-refractivity contribution in [2.75, 3.05) is 0 Å². The van der Waals surface area contributed by atoms with Gasteiger partial charge in [-0.2, -0.15) is 0 Å². The van der Waals surface area contributed by atoms with E-state index in [1.165, 1.54) is 23.4 Å². The van der Waals surface area contributed by atoms with Crippen LogP contribution in [0.25, 0.3) is 10.9 Å². The van der Waals surface area contributed by atoms with Gasteiger partial charge >= 0.3 is 0 Å². The second kappa shape index (κ2) is 6.52. The molecule has 3 aromatic rings. The number of hydrogen-bond acceptors (Lipinski definition) is 1. The van der Waals surface area contributed by atoms with Crippen LogP contribution in [0, 0.1) is 5.82 Å². The van der Waals surface area contributed by atoms with E-state index in [9.17, 15) is 9.18 Å². The van der Waals surface area contributed by atoms with Crippen molar-refractivity contribution in [1.82, 2.24) is 10.3 Å². The molecule has 5 heteroatoms. The lowest BCUT2D eigenvalue weighted by molar-refractivity contribution is -0.121. The summed E-state index contributed by atoms with van der Waals surface area (Å²) in [5.41, 5.74) is 4.24. The molecule has 0 spiro atoms. The van der Waals surface area contributed by atoms with Crippen molar-refractivity contribution in [3.05, 3.63) is 70.1 Å². The van der Waals surface area contributed by atoms with Gasteiger partial charge in [0.15, 0.2) is 0 Å². The summed E-state index contributed by atoms with van der Waals surface area (Å²) in [6.07, 6.45) is 2.76. The van der Waals surface area contributed by atoms with Gasteiger partial charge < -0.3 is 10.3 Å². The van der Waals surface area contributed by atoms with Crippen molar-refractivity contribution in [2.45, 2.75) is 31.7 Å². The number of nitrogens with one attached hydrogen (secondary N) is 2. The minimum atomic E-state index is -0.316. The van der Waals surface area contributed by atoms with E-state index in [2.05, 4.69) is 10.3 Å². The number of carbonyl (C=O) groups excluding carboxylic acids is 1. The third kappa shape index (κ3) is 3.40. The maximum atomic E-state index is 13.2. The van der Waals surface area contributed by atoms with Crippen LogP contribution in [0.3, 0.4) is 0 Å². The van der Waals surface area contributed by atoms with Crippen LogP contribution in [0.2, 0.25) is 5.02 Å². The molecule has 0 saturated carbocycles. The van der Waals surface area contributed by atoms with E-state index in [0.29, 0.717) is 10.6 Å². The van der Waals surface area contributed by atoms with Gasteiger partial charge in [0.05, 0.1) is 6.42 Å². The second-order valence-electron chi connectivity index (χ2n) is 6.59. The van der Waals surface area contributed by atoms with E-state index in [-0.39, 0.29) is 24.2 Å². The molecule has 0 aliphatic heterocycles. The van der Waals surface area contributed by atoms with Gasteiger partial charge in [-0.05, 0) is 60.7 Å². The van der Waals surface area contributed by atoms with Crippen molar-refractivity contribution < 1.29 is 9.18 Å². The smallest absolute Gasteiger partial charge is 0.224 e. The summed E-state index contributed by atoms with van der Waals surface area (Å²) in [5, 5.41) is 4.93. The number of halogens is 2. The Morgan fingerprint density at radius 1 is 1.28 bits per heavy atom. The Morgan fingerprint density at radius 3 is 3.00 bits per heavy atom. The van der Waals surface area contributed by atoms with Crippen LogP contribution in [0.5, 0.6) is 0 Å². The summed E-state index contributed by atoms with van der Waals surface area (Å²) in [7, 11) is 0. The number of hydrogen-bond donors (Lipinski definition) is 2. The number of aromatic nitrogens is 1. The molecule has 1 unspecified atom stereocenters. The third-order valence-electron chi connectivity index (χ3n) is 4.77. The number of benzene rings is 2. The first kappa shape index (κ1) is 16.2. The van der Waals surface area contributed by atoms with Gasteiger partial charge in [0.2, 0.25) is 5.91 Å². The monoisotopic (exact) mass is 356 g/mol. The van der Waals surface area contributed by atoms with E-state index in [1.807, 2.05) is 18.2 Å². The van der Waals surface area contributed by atoms with E-state index in [0.717, 1.165) is 30.2 Å². The van der Waals surface area contributed by atoms with Crippen LogP contribution < -0.4 is 5.32 Å². The number of aryl methyl sites for hydroxylation is 1. The highest BCUT2D eigenvalue weighted by Gasteiger charge is 2.23. The fraction of sp³-hybridized carbons (Fsp3) is 0.250. The molecule has 2 N–H and O–H groups in total. The van der Waals surface area contributed by atoms with E-state index in [1.54, 1.807) is 12.1 Å². The summed E-state index contributed by atoms with van der Waals surface area (Å²) in [6, 6.07) is 12.1. The van der Waals surface area contributed by atoms with E-state index >= 15 is 0 Å². The number of carbonyl (C=O) groups is 1. The quantitative estimate of drug-likeness (QED) is 0.726. The normalized spacial score (nSPS) is 16.6. The molecule has 0 saturated heterocycles. The molecular formula is C20H18ClFN2O. The van der Waals surface area contributed by atoms with Crippen molar-refractivity contribution in [3.8, 4) is 0 Å². The van der Waals surface area contributed by atoms with Crippen molar-refractivity contribution in [2.24, 2.45) is 0 Å². The van der Waals surface area contributed by atoms with Crippen LogP contribution in [0.1, 0.15) is 23.2 Å². The zero-order valence-corrected chi connectivity index (χ0v) is 14.4. The van der Waals surface area contributed by atoms with Crippen molar-refractivity contribution in [3.63, 3.8) is 0 Å². The Balaban J connectivity index is 1.48. The Morgan fingerprint density at radius 2 is 2.16 bits per heavy atom. The van der Waals surface area contributed by atoms with Crippen LogP contribution in [0.4, 0.5) is 4.39 Å². The standard InChI is InChI=1S/C20H18ClFN2O/c21-13-4-6-18-16(10-13)17-11-15(5-7-19(17)24-18)23-20(25)9-12-2-1-3-14(22)8-12/h1-4,6,8,10,15,24H,5,7,9,11H2,(H,23,25). The lowest BCUT2D eigenvalue weighted by Crippen LogP contribution is -2.39. The molecule has 1 aliphatic carbocycles. The van der Waals surface area contributed by atoms with Gasteiger partial charge in [-0.25, -0.2) is 4.39 Å². The summed E-state index contributed by atoms with van der Waals surface area (Å²) in [4.78, 5) is 15.7. The fourth-order valence-electron chi connectivity index (χ4n) is 3.62. The minimum Gasteiger partial charge on any atom is -0.358 e. The van der Waals surface area contributed by atoms with Crippen LogP contribution in [0.15, 0.2) is 42.5 Å². The van der Waals surface area contributed by atoms with Crippen LogP contribution in [-0.4, -0.2) is 16.9 Å². The Hall–Kier alpha value is -2.33. The molecule has 1 atom stereocenters. The molecule has 1 heterocycles. The molecule has 0 radical (unpaired) electrons. The predicted octanol–water partition coefficient (Wildman–Crippen LogP) is 4.18. The molecule has 25 heavy (non-hydrogen) atoms. The van der Waals surface area contributed by atoms with Gasteiger partial charge in [0.25, 0.3) is 0 Å². The first-order chi connectivity index (χ1) is 12.1. The Bertz CT molecular complexity index is 950. The average molecular weight is 357 g/mol. The zero-order chi connectivity index (χ0) is 17.4. The Labute approximate surface area is 150 Å². The fourth-order valence-corrected chi connectivity index (χ4v) is 3.80. The number of aromatic amines is 1. The molecule has 128 valence electrons. The van der Waals surface area contributed by atoms with Crippen molar-refractivity contribution >= 4 is 28.4 Å². The SMILES string of the molecule is O=C(Cc1cccc(F)c1)NC1CCc2[nH]c3ccc(Cl)cc3c2C1. The molecule has 0 bridgehead atoms. The zero-order valence-electron chi connectivity index (χ0n) is 13.6. The van der Waals surface area contributed by atoms with Gasteiger partial charge in [-0.1, -0.05) is 23.7 Å². The summed E-state index contributed by atoms with van der Waals surface area (Å²) >= 11 is 6.13. The summed E-state index contributed by atoms with van der Waals surface area (Å²) in [5.74, 6) is -0.389. The first-order valence-corrected chi connectivity index (χ1v) is 8.79. The second-order valence-corrected chi connectivity index (χ2v) is 7.02. The maximum Gasteiger partial charge on any atom is 0.224 e. The minimum absolute atomic E-state index is 0.0723. The number of H-pyrrole nitrogens is 1. The van der Waals surface area contributed by atoms with Crippen LogP contribution >= 0.6 is 11.6 Å². The van der Waals surface area contributed by atoms with E-state index in [4.69, 9.17) is 11.6 Å². The highest BCUT2D eigenvalue weighted by molar-refractivity contribution is 6.31. The number of rotatable bonds is 3.